The summed E-state index contributed by atoms with van der Waals surface area (Å²) < 4.78 is 31.5. The number of carbonyl (C=O) groups is 1. The Kier molecular flexibility index (Phi) is 4.14. The van der Waals surface area contributed by atoms with Crippen molar-refractivity contribution in [2.24, 2.45) is 0 Å². The Morgan fingerprint density at radius 3 is 2.55 bits per heavy atom. The average molecular weight is 278 g/mol. The molecule has 0 aliphatic carbocycles. The summed E-state index contributed by atoms with van der Waals surface area (Å²) in [5, 5.41) is 2.23. The molecule has 3 N–H and O–H groups in total. The third-order valence-corrected chi connectivity index (χ3v) is 2.48. The van der Waals surface area contributed by atoms with E-state index in [0.717, 1.165) is 6.07 Å². The van der Waals surface area contributed by atoms with Gasteiger partial charge in [0.25, 0.3) is 5.91 Å². The molecule has 0 radical (unpaired) electrons. The minimum atomic E-state index is -1.10. The summed E-state index contributed by atoms with van der Waals surface area (Å²) >= 11 is 0. The van der Waals surface area contributed by atoms with Crippen molar-refractivity contribution in [1.29, 1.82) is 0 Å². The first-order valence-corrected chi connectivity index (χ1v) is 5.78. The maximum atomic E-state index is 13.3. The monoisotopic (exact) mass is 278 g/mol. The minimum absolute atomic E-state index is 0.226. The fourth-order valence-electron chi connectivity index (χ4n) is 1.50. The third kappa shape index (κ3) is 3.44. The van der Waals surface area contributed by atoms with E-state index in [9.17, 15) is 13.6 Å². The summed E-state index contributed by atoms with van der Waals surface area (Å²) in [6.07, 6.45) is 0. The third-order valence-electron chi connectivity index (χ3n) is 2.48. The molecular weight excluding hydrogens is 266 g/mol. The fraction of sp³-hybridized carbons (Fsp3) is 0.0714. The first kappa shape index (κ1) is 13.8. The molecule has 0 saturated heterocycles. The van der Waals surface area contributed by atoms with Gasteiger partial charge in [0.15, 0.2) is 18.2 Å². The van der Waals surface area contributed by atoms with Crippen molar-refractivity contribution in [3.8, 4) is 5.75 Å². The molecule has 104 valence electrons. The SMILES string of the molecule is Nc1ccc(OCC(=O)Nc2cccc(F)c2F)cc1. The number of nitrogen functional groups attached to an aromatic ring is 1. The highest BCUT2D eigenvalue weighted by Crippen LogP contribution is 2.17. The Labute approximate surface area is 114 Å². The molecule has 4 nitrogen and oxygen atoms in total. The van der Waals surface area contributed by atoms with Crippen LogP contribution in [-0.4, -0.2) is 12.5 Å². The smallest absolute Gasteiger partial charge is 0.262 e. The molecule has 0 spiro atoms. The van der Waals surface area contributed by atoms with Gasteiger partial charge in [0, 0.05) is 5.69 Å². The second-order valence-electron chi connectivity index (χ2n) is 4.01. The Bertz CT molecular complexity index is 615. The molecule has 0 aliphatic rings. The molecule has 0 aromatic heterocycles. The summed E-state index contributed by atoms with van der Waals surface area (Å²) in [4.78, 5) is 11.6. The second-order valence-corrected chi connectivity index (χ2v) is 4.01. The molecule has 1 amide bonds. The quantitative estimate of drug-likeness (QED) is 0.845. The lowest BCUT2D eigenvalue weighted by atomic mass is 10.3. The molecule has 6 heteroatoms. The van der Waals surface area contributed by atoms with Crippen molar-refractivity contribution >= 4 is 17.3 Å². The standard InChI is InChI=1S/C14H12F2N2O2/c15-11-2-1-3-12(14(11)16)18-13(19)8-20-10-6-4-9(17)5-7-10/h1-7H,8,17H2,(H,18,19). The van der Waals surface area contributed by atoms with Gasteiger partial charge in [0.1, 0.15) is 5.75 Å². The molecule has 0 unspecified atom stereocenters. The van der Waals surface area contributed by atoms with Crippen LogP contribution < -0.4 is 15.8 Å². The van der Waals surface area contributed by atoms with E-state index in [2.05, 4.69) is 5.32 Å². The largest absolute Gasteiger partial charge is 0.484 e. The first-order chi connectivity index (χ1) is 9.56. The van der Waals surface area contributed by atoms with Crippen LogP contribution in [0.2, 0.25) is 0 Å². The molecule has 2 rings (SSSR count). The molecule has 0 saturated carbocycles. The van der Waals surface area contributed by atoms with Crippen molar-refractivity contribution in [2.75, 3.05) is 17.7 Å². The molecule has 0 bridgehead atoms. The van der Waals surface area contributed by atoms with Crippen molar-refractivity contribution in [1.82, 2.24) is 0 Å². The molecule has 20 heavy (non-hydrogen) atoms. The molecule has 0 heterocycles. The van der Waals surface area contributed by atoms with Crippen LogP contribution in [0.25, 0.3) is 0 Å². The predicted octanol–water partition coefficient (Wildman–Crippen LogP) is 2.56. The lowest BCUT2D eigenvalue weighted by molar-refractivity contribution is -0.118. The van der Waals surface area contributed by atoms with Gasteiger partial charge < -0.3 is 15.8 Å². The summed E-state index contributed by atoms with van der Waals surface area (Å²) in [7, 11) is 0. The van der Waals surface area contributed by atoms with Crippen LogP contribution >= 0.6 is 0 Å². The number of hydrogen-bond acceptors (Lipinski definition) is 3. The van der Waals surface area contributed by atoms with Gasteiger partial charge in [0.05, 0.1) is 5.69 Å². The molecule has 0 aliphatic heterocycles. The van der Waals surface area contributed by atoms with E-state index in [1.54, 1.807) is 24.3 Å². The zero-order valence-electron chi connectivity index (χ0n) is 10.4. The lowest BCUT2D eigenvalue weighted by Crippen LogP contribution is -2.21. The highest BCUT2D eigenvalue weighted by atomic mass is 19.2. The van der Waals surface area contributed by atoms with Crippen LogP contribution in [-0.2, 0) is 4.79 Å². The van der Waals surface area contributed by atoms with Gasteiger partial charge in [-0.25, -0.2) is 8.78 Å². The van der Waals surface area contributed by atoms with E-state index in [4.69, 9.17) is 10.5 Å². The highest BCUT2D eigenvalue weighted by Gasteiger charge is 2.10. The Morgan fingerprint density at radius 1 is 1.15 bits per heavy atom. The lowest BCUT2D eigenvalue weighted by Gasteiger charge is -2.08. The van der Waals surface area contributed by atoms with Gasteiger partial charge in [-0.2, -0.15) is 0 Å². The summed E-state index contributed by atoms with van der Waals surface area (Å²) in [6.45, 7) is -0.320. The van der Waals surface area contributed by atoms with Crippen molar-refractivity contribution in [2.45, 2.75) is 0 Å². The highest BCUT2D eigenvalue weighted by molar-refractivity contribution is 5.92. The maximum Gasteiger partial charge on any atom is 0.262 e. The fourth-order valence-corrected chi connectivity index (χ4v) is 1.50. The van der Waals surface area contributed by atoms with E-state index >= 15 is 0 Å². The second kappa shape index (κ2) is 6.01. The summed E-state index contributed by atoms with van der Waals surface area (Å²) in [6, 6.07) is 9.99. The van der Waals surface area contributed by atoms with Gasteiger partial charge in [0.2, 0.25) is 0 Å². The number of rotatable bonds is 4. The average Bonchev–Trinajstić information content (AvgIpc) is 2.43. The van der Waals surface area contributed by atoms with E-state index in [1.807, 2.05) is 0 Å². The maximum absolute atomic E-state index is 13.3. The first-order valence-electron chi connectivity index (χ1n) is 5.78. The van der Waals surface area contributed by atoms with Crippen LogP contribution in [0.1, 0.15) is 0 Å². The van der Waals surface area contributed by atoms with E-state index in [1.165, 1.54) is 12.1 Å². The predicted molar refractivity (Wildman–Crippen MR) is 71.3 cm³/mol. The van der Waals surface area contributed by atoms with Gasteiger partial charge in [-0.15, -0.1) is 0 Å². The van der Waals surface area contributed by atoms with Gasteiger partial charge in [-0.05, 0) is 36.4 Å². The Hall–Kier alpha value is -2.63. The number of benzene rings is 2. The molecule has 2 aromatic carbocycles. The number of nitrogens with one attached hydrogen (secondary N) is 1. The van der Waals surface area contributed by atoms with Crippen molar-refractivity contribution < 1.29 is 18.3 Å². The molecular formula is C14H12F2N2O2. The zero-order chi connectivity index (χ0) is 14.5. The molecule has 0 fully saturated rings. The number of carbonyl (C=O) groups excluding carboxylic acids is 1. The zero-order valence-corrected chi connectivity index (χ0v) is 10.4. The Morgan fingerprint density at radius 2 is 1.85 bits per heavy atom. The van der Waals surface area contributed by atoms with Crippen molar-refractivity contribution in [3.63, 3.8) is 0 Å². The molecule has 2 aromatic rings. The van der Waals surface area contributed by atoms with Crippen LogP contribution in [0.4, 0.5) is 20.2 Å². The number of halogens is 2. The van der Waals surface area contributed by atoms with Crippen LogP contribution in [0.15, 0.2) is 42.5 Å². The summed E-state index contributed by atoms with van der Waals surface area (Å²) in [5.41, 5.74) is 5.85. The summed E-state index contributed by atoms with van der Waals surface area (Å²) in [5.74, 6) is -2.27. The number of ether oxygens (including phenoxy) is 1. The minimum Gasteiger partial charge on any atom is -0.484 e. The number of anilines is 2. The Balaban J connectivity index is 1.92. The topological polar surface area (TPSA) is 64.3 Å². The molecule has 0 atom stereocenters. The van der Waals surface area contributed by atoms with Crippen molar-refractivity contribution in [3.05, 3.63) is 54.1 Å². The van der Waals surface area contributed by atoms with E-state index in [0.29, 0.717) is 11.4 Å². The van der Waals surface area contributed by atoms with E-state index < -0.39 is 17.5 Å². The van der Waals surface area contributed by atoms with Gasteiger partial charge >= 0.3 is 0 Å². The van der Waals surface area contributed by atoms with E-state index in [-0.39, 0.29) is 12.3 Å². The number of hydrogen-bond donors (Lipinski definition) is 2. The van der Waals surface area contributed by atoms with Crippen LogP contribution in [0.5, 0.6) is 5.75 Å². The number of amides is 1. The normalized spacial score (nSPS) is 10.1. The van der Waals surface area contributed by atoms with Crippen LogP contribution in [0.3, 0.4) is 0 Å². The van der Waals surface area contributed by atoms with Gasteiger partial charge in [-0.3, -0.25) is 4.79 Å². The van der Waals surface area contributed by atoms with Crippen LogP contribution in [0, 0.1) is 11.6 Å². The number of nitrogens with two attached hydrogens (primary N) is 1. The van der Waals surface area contributed by atoms with Gasteiger partial charge in [-0.1, -0.05) is 6.07 Å².